The minimum absolute atomic E-state index is 0.0711. The third-order valence-electron chi connectivity index (χ3n) is 3.79. The van der Waals surface area contributed by atoms with Gasteiger partial charge in [0.25, 0.3) is 0 Å². The van der Waals surface area contributed by atoms with Gasteiger partial charge in [-0.25, -0.2) is 4.98 Å². The van der Waals surface area contributed by atoms with Crippen LogP contribution in [0.5, 0.6) is 0 Å². The van der Waals surface area contributed by atoms with Gasteiger partial charge in [-0.05, 0) is 24.5 Å². The van der Waals surface area contributed by atoms with Gasteiger partial charge in [-0.15, -0.1) is 0 Å². The summed E-state index contributed by atoms with van der Waals surface area (Å²) < 4.78 is 2.11. The molecule has 0 radical (unpaired) electrons. The first-order valence-corrected chi connectivity index (χ1v) is 7.43. The molecule has 1 atom stereocenters. The Labute approximate surface area is 126 Å². The van der Waals surface area contributed by atoms with Crippen molar-refractivity contribution in [1.82, 2.24) is 14.9 Å². The maximum absolute atomic E-state index is 11.8. The minimum atomic E-state index is 0.0711. The summed E-state index contributed by atoms with van der Waals surface area (Å²) in [6, 6.07) is 8.31. The van der Waals surface area contributed by atoms with Crippen molar-refractivity contribution >= 4 is 5.91 Å². The summed E-state index contributed by atoms with van der Waals surface area (Å²) in [4.78, 5) is 16.0. The lowest BCUT2D eigenvalue weighted by atomic mass is 10.1. The fourth-order valence-corrected chi connectivity index (χ4v) is 2.15. The van der Waals surface area contributed by atoms with Gasteiger partial charge in [0.05, 0.1) is 0 Å². The summed E-state index contributed by atoms with van der Waals surface area (Å²) in [5, 5.41) is 2.99. The minimum Gasteiger partial charge on any atom is -0.352 e. The van der Waals surface area contributed by atoms with Crippen molar-refractivity contribution in [2.75, 3.05) is 0 Å². The largest absolute Gasteiger partial charge is 0.352 e. The van der Waals surface area contributed by atoms with Crippen LogP contribution >= 0.6 is 0 Å². The number of nitrogens with zero attached hydrogens (tertiary/aromatic N) is 2. The maximum atomic E-state index is 11.8. The van der Waals surface area contributed by atoms with Gasteiger partial charge in [-0.1, -0.05) is 38.1 Å². The van der Waals surface area contributed by atoms with Gasteiger partial charge in [0.1, 0.15) is 5.82 Å². The number of carbonyl (C=O) groups excluding carboxylic acids is 1. The summed E-state index contributed by atoms with van der Waals surface area (Å²) in [6.07, 6.45) is 4.66. The highest BCUT2D eigenvalue weighted by Gasteiger charge is 2.09. The molecule has 0 saturated carbocycles. The highest BCUT2D eigenvalue weighted by Crippen LogP contribution is 2.09. The average molecular weight is 285 g/mol. The predicted molar refractivity (Wildman–Crippen MR) is 83.8 cm³/mol. The fraction of sp³-hybridized carbons (Fsp3) is 0.412. The van der Waals surface area contributed by atoms with Crippen LogP contribution in [0.3, 0.4) is 0 Å². The second-order valence-corrected chi connectivity index (χ2v) is 5.45. The van der Waals surface area contributed by atoms with Crippen molar-refractivity contribution in [2.45, 2.75) is 40.3 Å². The standard InChI is InChI=1S/C17H23N3O/c1-4-13(2)17(21)19-11-15-6-5-7-16(10-15)12-20-9-8-18-14(20)3/h5-10,13H,4,11-12H2,1-3H3,(H,19,21)/t13-/m1/s1. The van der Waals surface area contributed by atoms with E-state index in [1.54, 1.807) is 0 Å². The van der Waals surface area contributed by atoms with E-state index in [0.717, 1.165) is 24.4 Å². The second kappa shape index (κ2) is 7.07. The molecule has 21 heavy (non-hydrogen) atoms. The van der Waals surface area contributed by atoms with E-state index in [2.05, 4.69) is 27.0 Å². The zero-order chi connectivity index (χ0) is 15.2. The zero-order valence-corrected chi connectivity index (χ0v) is 13.0. The predicted octanol–water partition coefficient (Wildman–Crippen LogP) is 2.90. The van der Waals surface area contributed by atoms with Crippen LogP contribution in [0, 0.1) is 12.8 Å². The average Bonchev–Trinajstić information content (AvgIpc) is 2.89. The van der Waals surface area contributed by atoms with Gasteiger partial charge < -0.3 is 9.88 Å². The Bertz CT molecular complexity index is 604. The topological polar surface area (TPSA) is 46.9 Å². The smallest absolute Gasteiger partial charge is 0.223 e. The highest BCUT2D eigenvalue weighted by molar-refractivity contribution is 5.78. The molecule has 1 N–H and O–H groups in total. The molecule has 4 nitrogen and oxygen atoms in total. The molecule has 0 unspecified atom stereocenters. The molecule has 4 heteroatoms. The first-order chi connectivity index (χ1) is 10.1. The maximum Gasteiger partial charge on any atom is 0.223 e. The number of nitrogens with one attached hydrogen (secondary N) is 1. The molecule has 1 aromatic heterocycles. The number of carbonyl (C=O) groups is 1. The summed E-state index contributed by atoms with van der Waals surface area (Å²) in [6.45, 7) is 7.36. The normalized spacial score (nSPS) is 12.1. The van der Waals surface area contributed by atoms with Gasteiger partial charge >= 0.3 is 0 Å². The van der Waals surface area contributed by atoms with E-state index in [1.165, 1.54) is 5.56 Å². The van der Waals surface area contributed by atoms with Crippen molar-refractivity contribution in [3.8, 4) is 0 Å². The monoisotopic (exact) mass is 285 g/mol. The van der Waals surface area contributed by atoms with Crippen molar-refractivity contribution in [1.29, 1.82) is 0 Å². The lowest BCUT2D eigenvalue weighted by molar-refractivity contribution is -0.124. The molecule has 0 aliphatic rings. The third kappa shape index (κ3) is 4.18. The van der Waals surface area contributed by atoms with Gasteiger partial charge in [0.15, 0.2) is 0 Å². The highest BCUT2D eigenvalue weighted by atomic mass is 16.1. The molecule has 0 saturated heterocycles. The second-order valence-electron chi connectivity index (χ2n) is 5.45. The lowest BCUT2D eigenvalue weighted by Crippen LogP contribution is -2.28. The Hall–Kier alpha value is -2.10. The fourth-order valence-electron chi connectivity index (χ4n) is 2.15. The van der Waals surface area contributed by atoms with E-state index < -0.39 is 0 Å². The van der Waals surface area contributed by atoms with Crippen molar-refractivity contribution in [3.05, 3.63) is 53.6 Å². The summed E-state index contributed by atoms with van der Waals surface area (Å²) >= 11 is 0. The van der Waals surface area contributed by atoms with Gasteiger partial charge in [-0.2, -0.15) is 0 Å². The van der Waals surface area contributed by atoms with Crippen LogP contribution in [0.25, 0.3) is 0 Å². The molecule has 0 bridgehead atoms. The van der Waals surface area contributed by atoms with Crippen molar-refractivity contribution in [2.24, 2.45) is 5.92 Å². The lowest BCUT2D eigenvalue weighted by Gasteiger charge is -2.11. The van der Waals surface area contributed by atoms with Crippen LogP contribution in [0.2, 0.25) is 0 Å². The number of amides is 1. The number of aryl methyl sites for hydroxylation is 1. The van der Waals surface area contributed by atoms with E-state index in [1.807, 2.05) is 45.3 Å². The first kappa shape index (κ1) is 15.3. The summed E-state index contributed by atoms with van der Waals surface area (Å²) in [5.74, 6) is 1.20. The van der Waals surface area contributed by atoms with Crippen molar-refractivity contribution in [3.63, 3.8) is 0 Å². The molecular formula is C17H23N3O. The Balaban J connectivity index is 1.98. The number of benzene rings is 1. The molecule has 2 rings (SSSR count). The molecule has 1 amide bonds. The van der Waals surface area contributed by atoms with Gasteiger partial charge in [0.2, 0.25) is 5.91 Å². The first-order valence-electron chi connectivity index (χ1n) is 7.43. The molecule has 0 aliphatic heterocycles. The van der Waals surface area contributed by atoms with Gasteiger partial charge in [-0.3, -0.25) is 4.79 Å². The van der Waals surface area contributed by atoms with E-state index in [4.69, 9.17) is 0 Å². The summed E-state index contributed by atoms with van der Waals surface area (Å²) in [5.41, 5.74) is 2.34. The number of imidazole rings is 1. The molecule has 0 spiro atoms. The number of rotatable bonds is 6. The van der Waals surface area contributed by atoms with Crippen LogP contribution in [0.1, 0.15) is 37.2 Å². The summed E-state index contributed by atoms with van der Waals surface area (Å²) in [7, 11) is 0. The quantitative estimate of drug-likeness (QED) is 0.887. The molecular weight excluding hydrogens is 262 g/mol. The molecule has 0 aliphatic carbocycles. The van der Waals surface area contributed by atoms with E-state index in [0.29, 0.717) is 6.54 Å². The zero-order valence-electron chi connectivity index (χ0n) is 13.0. The van der Waals surface area contributed by atoms with E-state index in [-0.39, 0.29) is 11.8 Å². The Morgan fingerprint density at radius 1 is 1.38 bits per heavy atom. The van der Waals surface area contributed by atoms with Crippen LogP contribution < -0.4 is 5.32 Å². The van der Waals surface area contributed by atoms with Gasteiger partial charge in [0, 0.05) is 31.4 Å². The number of hydrogen-bond donors (Lipinski definition) is 1. The number of hydrogen-bond acceptors (Lipinski definition) is 2. The Morgan fingerprint density at radius 2 is 2.14 bits per heavy atom. The molecule has 1 aromatic carbocycles. The molecule has 1 heterocycles. The Kier molecular flexibility index (Phi) is 5.14. The van der Waals surface area contributed by atoms with Crippen LogP contribution in [-0.4, -0.2) is 15.5 Å². The van der Waals surface area contributed by atoms with Crippen LogP contribution in [0.15, 0.2) is 36.7 Å². The molecule has 0 fully saturated rings. The molecule has 112 valence electrons. The van der Waals surface area contributed by atoms with E-state index in [9.17, 15) is 4.79 Å². The van der Waals surface area contributed by atoms with Crippen LogP contribution in [0.4, 0.5) is 0 Å². The SMILES string of the molecule is CC[C@@H](C)C(=O)NCc1cccc(Cn2ccnc2C)c1. The van der Waals surface area contributed by atoms with Crippen molar-refractivity contribution < 1.29 is 4.79 Å². The third-order valence-corrected chi connectivity index (χ3v) is 3.79. The molecule has 2 aromatic rings. The Morgan fingerprint density at radius 3 is 2.81 bits per heavy atom. The number of aromatic nitrogens is 2. The van der Waals surface area contributed by atoms with Crippen LogP contribution in [-0.2, 0) is 17.9 Å². The van der Waals surface area contributed by atoms with E-state index >= 15 is 0 Å².